The van der Waals surface area contributed by atoms with Crippen LogP contribution >= 0.6 is 0 Å². The third-order valence-corrected chi connectivity index (χ3v) is 3.70. The normalized spacial score (nSPS) is 34.9. The second-order valence-electron chi connectivity index (χ2n) is 4.69. The van der Waals surface area contributed by atoms with Crippen molar-refractivity contribution in [3.63, 3.8) is 0 Å². The largest absolute Gasteiger partial charge is 0.495 e. The molecular formula is C13H16N2O2. The number of fused-ring (bicyclic) bond motifs is 2. The molecule has 0 bridgehead atoms. The third-order valence-electron chi connectivity index (χ3n) is 3.70. The Morgan fingerprint density at radius 3 is 3.18 bits per heavy atom. The second kappa shape index (κ2) is 4.04. The van der Waals surface area contributed by atoms with Crippen LogP contribution in [0.2, 0.25) is 0 Å². The fraction of sp³-hybridized carbons (Fsp3) is 0.462. The Morgan fingerprint density at radius 1 is 1.47 bits per heavy atom. The molecule has 0 radical (unpaired) electrons. The Labute approximate surface area is 100 Å². The van der Waals surface area contributed by atoms with Crippen molar-refractivity contribution in [2.75, 3.05) is 13.2 Å². The van der Waals surface area contributed by atoms with Crippen LogP contribution < -0.4 is 11.1 Å². The van der Waals surface area contributed by atoms with Crippen LogP contribution in [0.3, 0.4) is 0 Å². The minimum absolute atomic E-state index is 0.0383. The highest BCUT2D eigenvalue weighted by molar-refractivity contribution is 5.78. The smallest absolute Gasteiger partial charge is 0.222 e. The topological polar surface area (TPSA) is 64.4 Å². The number of nitrogens with one attached hydrogen (secondary N) is 1. The number of amides is 1. The molecule has 3 unspecified atom stereocenters. The lowest BCUT2D eigenvalue weighted by molar-refractivity contribution is -0.123. The summed E-state index contributed by atoms with van der Waals surface area (Å²) < 4.78 is 5.76. The molecule has 4 heteroatoms. The number of hydrogen-bond acceptors (Lipinski definition) is 3. The van der Waals surface area contributed by atoms with Gasteiger partial charge in [0, 0.05) is 12.5 Å². The van der Waals surface area contributed by atoms with Crippen molar-refractivity contribution in [3.8, 4) is 0 Å². The highest BCUT2D eigenvalue weighted by atomic mass is 16.5. The van der Waals surface area contributed by atoms with E-state index in [0.717, 1.165) is 18.7 Å². The van der Waals surface area contributed by atoms with E-state index < -0.39 is 0 Å². The molecule has 0 spiro atoms. The average molecular weight is 232 g/mol. The summed E-state index contributed by atoms with van der Waals surface area (Å²) in [7, 11) is 0. The summed E-state index contributed by atoms with van der Waals surface area (Å²) in [4.78, 5) is 11.5. The van der Waals surface area contributed by atoms with Crippen LogP contribution in [0.5, 0.6) is 0 Å². The number of carbonyl (C=O) groups is 1. The van der Waals surface area contributed by atoms with Crippen LogP contribution in [0.4, 0.5) is 0 Å². The molecule has 1 aliphatic heterocycles. The molecule has 3 rings (SSSR count). The van der Waals surface area contributed by atoms with Crippen molar-refractivity contribution in [3.05, 3.63) is 35.6 Å². The van der Waals surface area contributed by atoms with Gasteiger partial charge in [0.05, 0.1) is 12.0 Å². The van der Waals surface area contributed by atoms with Crippen molar-refractivity contribution in [2.24, 2.45) is 17.6 Å². The molecule has 1 fully saturated rings. The minimum Gasteiger partial charge on any atom is -0.495 e. The van der Waals surface area contributed by atoms with E-state index in [1.54, 1.807) is 0 Å². The van der Waals surface area contributed by atoms with Gasteiger partial charge >= 0.3 is 0 Å². The van der Waals surface area contributed by atoms with E-state index in [9.17, 15) is 4.79 Å². The first-order chi connectivity index (χ1) is 8.27. The summed E-state index contributed by atoms with van der Waals surface area (Å²) in [6, 6.07) is -0.0383. The van der Waals surface area contributed by atoms with Gasteiger partial charge in [-0.15, -0.1) is 0 Å². The highest BCUT2D eigenvalue weighted by Crippen LogP contribution is 2.38. The molecule has 1 saturated heterocycles. The molecule has 3 aliphatic rings. The summed E-state index contributed by atoms with van der Waals surface area (Å²) in [6.07, 6.45) is 9.00. The molecule has 17 heavy (non-hydrogen) atoms. The summed E-state index contributed by atoms with van der Waals surface area (Å²) in [5.74, 6) is 0.767. The van der Waals surface area contributed by atoms with E-state index in [0.29, 0.717) is 6.61 Å². The maximum absolute atomic E-state index is 11.5. The fourth-order valence-corrected chi connectivity index (χ4v) is 2.89. The molecule has 1 heterocycles. The van der Waals surface area contributed by atoms with Crippen molar-refractivity contribution < 1.29 is 9.53 Å². The number of nitrogens with two attached hydrogens (primary N) is 1. The van der Waals surface area contributed by atoms with E-state index in [4.69, 9.17) is 10.5 Å². The Kier molecular flexibility index (Phi) is 2.52. The monoisotopic (exact) mass is 232 g/mol. The van der Waals surface area contributed by atoms with Gasteiger partial charge in [0.1, 0.15) is 12.4 Å². The number of hydrogen-bond donors (Lipinski definition) is 2. The first-order valence-corrected chi connectivity index (χ1v) is 6.02. The Balaban J connectivity index is 2.03. The molecule has 0 aromatic rings. The molecule has 0 saturated carbocycles. The van der Waals surface area contributed by atoms with Gasteiger partial charge in [-0.05, 0) is 12.0 Å². The molecule has 0 aromatic heterocycles. The number of primary amides is 1. The van der Waals surface area contributed by atoms with Gasteiger partial charge in [0.25, 0.3) is 0 Å². The average Bonchev–Trinajstić information content (AvgIpc) is 2.37. The van der Waals surface area contributed by atoms with Crippen LogP contribution in [0.15, 0.2) is 35.6 Å². The number of morpholine rings is 1. The van der Waals surface area contributed by atoms with Crippen LogP contribution in [0.25, 0.3) is 0 Å². The van der Waals surface area contributed by atoms with Gasteiger partial charge < -0.3 is 15.8 Å². The van der Waals surface area contributed by atoms with E-state index >= 15 is 0 Å². The van der Waals surface area contributed by atoms with Gasteiger partial charge in [-0.25, -0.2) is 0 Å². The molecule has 3 N–H and O–H groups in total. The van der Waals surface area contributed by atoms with E-state index in [1.165, 1.54) is 5.57 Å². The number of carbonyl (C=O) groups excluding carboxylic acids is 1. The lowest BCUT2D eigenvalue weighted by atomic mass is 9.75. The van der Waals surface area contributed by atoms with Gasteiger partial charge in [-0.3, -0.25) is 4.79 Å². The SMILES string of the molecule is NC(=O)C1CC2C=CC=CC2=C2OCCNC21. The quantitative estimate of drug-likeness (QED) is 0.691. The van der Waals surface area contributed by atoms with Crippen LogP contribution in [0.1, 0.15) is 6.42 Å². The molecule has 4 nitrogen and oxygen atoms in total. The van der Waals surface area contributed by atoms with Crippen molar-refractivity contribution in [1.82, 2.24) is 5.32 Å². The van der Waals surface area contributed by atoms with Crippen LogP contribution in [-0.2, 0) is 9.53 Å². The van der Waals surface area contributed by atoms with E-state index in [1.807, 2.05) is 12.2 Å². The van der Waals surface area contributed by atoms with Gasteiger partial charge in [-0.2, -0.15) is 0 Å². The fourth-order valence-electron chi connectivity index (χ4n) is 2.89. The van der Waals surface area contributed by atoms with Crippen LogP contribution in [-0.4, -0.2) is 25.1 Å². The Hall–Kier alpha value is -1.55. The summed E-state index contributed by atoms with van der Waals surface area (Å²) in [5.41, 5.74) is 6.69. The molecule has 90 valence electrons. The minimum atomic E-state index is -0.243. The molecule has 2 aliphatic carbocycles. The standard InChI is InChI=1S/C13H16N2O2/c14-13(16)10-7-8-3-1-2-4-9(8)12-11(10)15-5-6-17-12/h1-4,8,10-11,15H,5-7H2,(H2,14,16). The maximum Gasteiger partial charge on any atom is 0.222 e. The predicted octanol–water partition coefficient (Wildman–Crippen LogP) is 0.476. The van der Waals surface area contributed by atoms with Gasteiger partial charge in [0.2, 0.25) is 5.91 Å². The van der Waals surface area contributed by atoms with Crippen molar-refractivity contribution in [1.29, 1.82) is 0 Å². The van der Waals surface area contributed by atoms with E-state index in [2.05, 4.69) is 17.5 Å². The maximum atomic E-state index is 11.5. The van der Waals surface area contributed by atoms with Gasteiger partial charge in [-0.1, -0.05) is 24.3 Å². The third kappa shape index (κ3) is 1.69. The molecular weight excluding hydrogens is 216 g/mol. The zero-order chi connectivity index (χ0) is 11.8. The van der Waals surface area contributed by atoms with Gasteiger partial charge in [0.15, 0.2) is 0 Å². The number of allylic oxidation sites excluding steroid dienone is 5. The first kappa shape index (κ1) is 10.6. The summed E-state index contributed by atoms with van der Waals surface area (Å²) in [6.45, 7) is 1.43. The zero-order valence-corrected chi connectivity index (χ0v) is 9.56. The predicted molar refractivity (Wildman–Crippen MR) is 63.8 cm³/mol. The first-order valence-electron chi connectivity index (χ1n) is 6.02. The second-order valence-corrected chi connectivity index (χ2v) is 4.69. The highest BCUT2D eigenvalue weighted by Gasteiger charge is 2.40. The number of rotatable bonds is 1. The molecule has 0 aromatic carbocycles. The van der Waals surface area contributed by atoms with Crippen molar-refractivity contribution >= 4 is 5.91 Å². The number of ether oxygens (including phenoxy) is 1. The summed E-state index contributed by atoms with van der Waals surface area (Å²) in [5, 5.41) is 3.34. The molecule has 1 amide bonds. The molecule has 3 atom stereocenters. The van der Waals surface area contributed by atoms with Crippen LogP contribution in [0, 0.1) is 11.8 Å². The van der Waals surface area contributed by atoms with Crippen molar-refractivity contribution in [2.45, 2.75) is 12.5 Å². The summed E-state index contributed by atoms with van der Waals surface area (Å²) >= 11 is 0. The lowest BCUT2D eigenvalue weighted by Gasteiger charge is -2.40. The lowest BCUT2D eigenvalue weighted by Crippen LogP contribution is -2.52. The van der Waals surface area contributed by atoms with E-state index in [-0.39, 0.29) is 23.8 Å². The Bertz CT molecular complexity index is 437. The Morgan fingerprint density at radius 2 is 2.35 bits per heavy atom. The zero-order valence-electron chi connectivity index (χ0n) is 9.56.